The van der Waals surface area contributed by atoms with E-state index in [0.29, 0.717) is 17.1 Å². The lowest BCUT2D eigenvalue weighted by atomic mass is 10.1. The Kier molecular flexibility index (Phi) is 6.59. The maximum absolute atomic E-state index is 12.6. The highest BCUT2D eigenvalue weighted by Gasteiger charge is 2.32. The van der Waals surface area contributed by atoms with Crippen molar-refractivity contribution in [3.05, 3.63) is 59.7 Å². The first-order chi connectivity index (χ1) is 13.0. The van der Waals surface area contributed by atoms with E-state index < -0.39 is 23.3 Å². The van der Waals surface area contributed by atoms with Crippen LogP contribution in [0.25, 0.3) is 0 Å². The molecule has 0 aliphatic carbocycles. The smallest absolute Gasteiger partial charge is 0.416 e. The molecule has 4 nitrogen and oxygen atoms in total. The van der Waals surface area contributed by atoms with Gasteiger partial charge in [0.2, 0.25) is 0 Å². The van der Waals surface area contributed by atoms with Crippen molar-refractivity contribution in [1.29, 1.82) is 0 Å². The number of hydrogen-bond donors (Lipinski definition) is 0. The molecule has 2 aromatic carbocycles. The van der Waals surface area contributed by atoms with Crippen LogP contribution in [0.1, 0.15) is 38.8 Å². The molecule has 28 heavy (non-hydrogen) atoms. The van der Waals surface area contributed by atoms with E-state index in [2.05, 4.69) is 0 Å². The van der Waals surface area contributed by atoms with Gasteiger partial charge in [-0.3, -0.25) is 0 Å². The zero-order valence-corrected chi connectivity index (χ0v) is 16.2. The number of rotatable bonds is 7. The number of halogens is 3. The van der Waals surface area contributed by atoms with Gasteiger partial charge in [0.1, 0.15) is 18.1 Å². The van der Waals surface area contributed by atoms with Gasteiger partial charge in [-0.25, -0.2) is 4.79 Å². The van der Waals surface area contributed by atoms with Crippen molar-refractivity contribution in [3.63, 3.8) is 0 Å². The molecule has 0 unspecified atom stereocenters. The third-order valence-corrected chi connectivity index (χ3v) is 3.72. The zero-order chi connectivity index (χ0) is 20.9. The standard InChI is InChI=1S/C21H23F3O4/c1-14(2)27-19(25)20(3,4)28-18-11-9-17(10-12-18)26-13-15-5-7-16(8-6-15)21(22,23)24/h5-12,14H,13H2,1-4H3. The molecular formula is C21H23F3O4. The molecule has 0 saturated heterocycles. The van der Waals surface area contributed by atoms with Crippen molar-refractivity contribution in [1.82, 2.24) is 0 Å². The molecule has 0 aromatic heterocycles. The summed E-state index contributed by atoms with van der Waals surface area (Å²) in [5.74, 6) is 0.521. The van der Waals surface area contributed by atoms with Crippen molar-refractivity contribution in [3.8, 4) is 11.5 Å². The van der Waals surface area contributed by atoms with Crippen LogP contribution in [-0.4, -0.2) is 17.7 Å². The average Bonchev–Trinajstić information content (AvgIpc) is 2.60. The van der Waals surface area contributed by atoms with E-state index in [1.54, 1.807) is 52.0 Å². The van der Waals surface area contributed by atoms with Crippen LogP contribution in [-0.2, 0) is 22.3 Å². The maximum Gasteiger partial charge on any atom is 0.416 e. The molecule has 0 atom stereocenters. The van der Waals surface area contributed by atoms with Gasteiger partial charge in [0.15, 0.2) is 5.60 Å². The first kappa shape index (κ1) is 21.6. The van der Waals surface area contributed by atoms with Crippen molar-refractivity contribution >= 4 is 5.97 Å². The van der Waals surface area contributed by atoms with E-state index in [-0.39, 0.29) is 12.7 Å². The summed E-state index contributed by atoms with van der Waals surface area (Å²) in [7, 11) is 0. The van der Waals surface area contributed by atoms with Crippen LogP contribution in [0.2, 0.25) is 0 Å². The summed E-state index contributed by atoms with van der Waals surface area (Å²) in [6.07, 6.45) is -4.60. The van der Waals surface area contributed by atoms with Crippen LogP contribution in [0.3, 0.4) is 0 Å². The summed E-state index contributed by atoms with van der Waals surface area (Å²) >= 11 is 0. The Labute approximate surface area is 162 Å². The monoisotopic (exact) mass is 396 g/mol. The third kappa shape index (κ3) is 6.18. The van der Waals surface area contributed by atoms with E-state index in [4.69, 9.17) is 14.2 Å². The minimum atomic E-state index is -4.36. The highest BCUT2D eigenvalue weighted by atomic mass is 19.4. The second kappa shape index (κ2) is 8.54. The number of carbonyl (C=O) groups is 1. The Bertz CT molecular complexity index is 779. The van der Waals surface area contributed by atoms with Gasteiger partial charge in [0.25, 0.3) is 0 Å². The number of benzene rings is 2. The van der Waals surface area contributed by atoms with Gasteiger partial charge in [-0.1, -0.05) is 12.1 Å². The number of carbonyl (C=O) groups excluding carboxylic acids is 1. The second-order valence-electron chi connectivity index (χ2n) is 7.02. The lowest BCUT2D eigenvalue weighted by molar-refractivity contribution is -0.163. The van der Waals surface area contributed by atoms with Gasteiger partial charge in [-0.15, -0.1) is 0 Å². The lowest BCUT2D eigenvalue weighted by Gasteiger charge is -2.25. The minimum Gasteiger partial charge on any atom is -0.489 e. The summed E-state index contributed by atoms with van der Waals surface area (Å²) in [4.78, 5) is 12.0. The summed E-state index contributed by atoms with van der Waals surface area (Å²) in [6, 6.07) is 11.4. The fraction of sp³-hybridized carbons (Fsp3) is 0.381. The molecule has 152 valence electrons. The molecule has 7 heteroatoms. The van der Waals surface area contributed by atoms with Crippen molar-refractivity contribution in [2.24, 2.45) is 0 Å². The fourth-order valence-electron chi connectivity index (χ4n) is 2.25. The Morgan fingerprint density at radius 1 is 0.929 bits per heavy atom. The van der Waals surface area contributed by atoms with E-state index in [1.165, 1.54) is 12.1 Å². The van der Waals surface area contributed by atoms with Crippen molar-refractivity contribution in [2.45, 2.75) is 52.2 Å². The third-order valence-electron chi connectivity index (χ3n) is 3.72. The van der Waals surface area contributed by atoms with Gasteiger partial charge < -0.3 is 14.2 Å². The predicted molar refractivity (Wildman–Crippen MR) is 98.2 cm³/mol. The highest BCUT2D eigenvalue weighted by Crippen LogP contribution is 2.29. The molecule has 0 amide bonds. The Hall–Kier alpha value is -2.70. The summed E-state index contributed by atoms with van der Waals surface area (Å²) < 4.78 is 54.1. The number of esters is 1. The maximum atomic E-state index is 12.6. The Morgan fingerprint density at radius 3 is 1.96 bits per heavy atom. The first-order valence-electron chi connectivity index (χ1n) is 8.76. The zero-order valence-electron chi connectivity index (χ0n) is 16.2. The van der Waals surface area contributed by atoms with Crippen LogP contribution < -0.4 is 9.47 Å². The molecule has 2 rings (SSSR count). The largest absolute Gasteiger partial charge is 0.489 e. The van der Waals surface area contributed by atoms with Gasteiger partial charge in [-0.2, -0.15) is 13.2 Å². The molecule has 0 N–H and O–H groups in total. The lowest BCUT2D eigenvalue weighted by Crippen LogP contribution is -2.40. The molecule has 0 bridgehead atoms. The Morgan fingerprint density at radius 2 is 1.46 bits per heavy atom. The van der Waals surface area contributed by atoms with Crippen LogP contribution in [0.15, 0.2) is 48.5 Å². The SMILES string of the molecule is CC(C)OC(=O)C(C)(C)Oc1ccc(OCc2ccc(C(F)(F)F)cc2)cc1. The summed E-state index contributed by atoms with van der Waals surface area (Å²) in [5.41, 5.74) is -1.23. The van der Waals surface area contributed by atoms with Crippen LogP contribution in [0, 0.1) is 0 Å². The molecule has 0 aliphatic rings. The number of hydrogen-bond acceptors (Lipinski definition) is 4. The predicted octanol–water partition coefficient (Wildman–Crippen LogP) is 5.39. The molecule has 2 aromatic rings. The molecular weight excluding hydrogens is 373 g/mol. The average molecular weight is 396 g/mol. The topological polar surface area (TPSA) is 44.8 Å². The molecule has 0 fully saturated rings. The highest BCUT2D eigenvalue weighted by molar-refractivity contribution is 5.79. The quantitative estimate of drug-likeness (QED) is 0.589. The molecule has 0 radical (unpaired) electrons. The molecule has 0 aliphatic heterocycles. The van der Waals surface area contributed by atoms with Gasteiger partial charge in [-0.05, 0) is 69.7 Å². The molecule has 0 spiro atoms. The van der Waals surface area contributed by atoms with Gasteiger partial charge >= 0.3 is 12.1 Å². The molecule has 0 saturated carbocycles. The first-order valence-corrected chi connectivity index (χ1v) is 8.76. The van der Waals surface area contributed by atoms with E-state index in [0.717, 1.165) is 12.1 Å². The van der Waals surface area contributed by atoms with Crippen LogP contribution in [0.5, 0.6) is 11.5 Å². The van der Waals surface area contributed by atoms with E-state index in [9.17, 15) is 18.0 Å². The van der Waals surface area contributed by atoms with Gasteiger partial charge in [0.05, 0.1) is 11.7 Å². The fourth-order valence-corrected chi connectivity index (χ4v) is 2.25. The van der Waals surface area contributed by atoms with E-state index >= 15 is 0 Å². The van der Waals surface area contributed by atoms with Gasteiger partial charge in [0, 0.05) is 0 Å². The summed E-state index contributed by atoms with van der Waals surface area (Å²) in [6.45, 7) is 6.89. The number of alkyl halides is 3. The van der Waals surface area contributed by atoms with Crippen molar-refractivity contribution < 1.29 is 32.2 Å². The Balaban J connectivity index is 1.93. The number of ether oxygens (including phenoxy) is 3. The van der Waals surface area contributed by atoms with Crippen molar-refractivity contribution in [2.75, 3.05) is 0 Å². The van der Waals surface area contributed by atoms with E-state index in [1.807, 2.05) is 0 Å². The van der Waals surface area contributed by atoms with Crippen LogP contribution in [0.4, 0.5) is 13.2 Å². The minimum absolute atomic E-state index is 0.130. The summed E-state index contributed by atoms with van der Waals surface area (Å²) in [5, 5.41) is 0. The normalized spacial score (nSPS) is 12.0. The van der Waals surface area contributed by atoms with Crippen LogP contribution >= 0.6 is 0 Å². The second-order valence-corrected chi connectivity index (χ2v) is 7.02. The molecule has 0 heterocycles.